The number of hydrogen-bond acceptors (Lipinski definition) is 7. The Balaban J connectivity index is 1.83. The summed E-state index contributed by atoms with van der Waals surface area (Å²) in [5, 5.41) is 19.7. The first-order valence-electron chi connectivity index (χ1n) is 9.15. The van der Waals surface area contributed by atoms with E-state index in [9.17, 15) is 10.2 Å². The zero-order valence-electron chi connectivity index (χ0n) is 15.2. The summed E-state index contributed by atoms with van der Waals surface area (Å²) >= 11 is 0. The lowest BCUT2D eigenvalue weighted by Crippen LogP contribution is -2.49. The highest BCUT2D eigenvalue weighted by atomic mass is 16.5. The number of pyridine rings is 1. The topological polar surface area (TPSA) is 72.3 Å². The second-order valence-electron chi connectivity index (χ2n) is 7.28. The van der Waals surface area contributed by atoms with Crippen LogP contribution in [0.4, 0.5) is 0 Å². The van der Waals surface area contributed by atoms with Gasteiger partial charge in [0.2, 0.25) is 0 Å². The fraction of sp³-hybridized carbons (Fsp3) is 0.722. The van der Waals surface area contributed by atoms with Gasteiger partial charge in [0.1, 0.15) is 5.75 Å². The number of fused-ring (bicyclic) bond motifs is 3. The third-order valence-corrected chi connectivity index (χ3v) is 4.79. The summed E-state index contributed by atoms with van der Waals surface area (Å²) in [4.78, 5) is 11.1. The Hall–Kier alpha value is -1.25. The number of aliphatic hydroxyl groups is 2. The Morgan fingerprint density at radius 2 is 1.92 bits per heavy atom. The van der Waals surface area contributed by atoms with Gasteiger partial charge in [0, 0.05) is 70.3 Å². The molecular formula is C18H30N4O3. The van der Waals surface area contributed by atoms with Crippen LogP contribution in [0.1, 0.15) is 19.4 Å². The van der Waals surface area contributed by atoms with Crippen molar-refractivity contribution in [3.05, 3.63) is 24.0 Å². The summed E-state index contributed by atoms with van der Waals surface area (Å²) in [6.45, 7) is 9.97. The van der Waals surface area contributed by atoms with Crippen molar-refractivity contribution in [1.82, 2.24) is 19.7 Å². The van der Waals surface area contributed by atoms with Crippen molar-refractivity contribution in [2.24, 2.45) is 0 Å². The number of nitrogens with zero attached hydrogens (tertiary/aromatic N) is 4. The van der Waals surface area contributed by atoms with Crippen LogP contribution in [0, 0.1) is 0 Å². The van der Waals surface area contributed by atoms with Crippen LogP contribution in [0.5, 0.6) is 5.75 Å². The van der Waals surface area contributed by atoms with Gasteiger partial charge in [0.25, 0.3) is 0 Å². The van der Waals surface area contributed by atoms with Crippen LogP contribution < -0.4 is 4.74 Å². The van der Waals surface area contributed by atoms with E-state index >= 15 is 0 Å². The Kier molecular flexibility index (Phi) is 6.24. The molecule has 0 amide bonds. The maximum Gasteiger partial charge on any atom is 0.165 e. The van der Waals surface area contributed by atoms with Crippen LogP contribution in [-0.2, 0) is 6.54 Å². The molecule has 2 N–H and O–H groups in total. The first kappa shape index (κ1) is 18.5. The Labute approximate surface area is 149 Å². The first-order chi connectivity index (χ1) is 12.0. The molecule has 3 heterocycles. The smallest absolute Gasteiger partial charge is 0.165 e. The quantitative estimate of drug-likeness (QED) is 0.791. The van der Waals surface area contributed by atoms with Gasteiger partial charge < -0.3 is 14.9 Å². The van der Waals surface area contributed by atoms with Gasteiger partial charge in [-0.15, -0.1) is 0 Å². The van der Waals surface area contributed by atoms with Crippen LogP contribution in [0.25, 0.3) is 0 Å². The highest BCUT2D eigenvalue weighted by molar-refractivity contribution is 5.31. The molecule has 25 heavy (non-hydrogen) atoms. The fourth-order valence-corrected chi connectivity index (χ4v) is 3.63. The Morgan fingerprint density at radius 1 is 1.16 bits per heavy atom. The molecule has 2 aliphatic rings. The van der Waals surface area contributed by atoms with Crippen molar-refractivity contribution < 1.29 is 14.9 Å². The lowest BCUT2D eigenvalue weighted by atomic mass is 10.2. The zero-order chi connectivity index (χ0) is 17.8. The number of rotatable bonds is 4. The van der Waals surface area contributed by atoms with Gasteiger partial charge in [-0.3, -0.25) is 19.7 Å². The molecule has 7 nitrogen and oxygen atoms in total. The number of aliphatic hydroxyl groups excluding tert-OH is 2. The number of β-amino-alcohol motifs (C(OH)–C–C–N with tert-alkyl or cyclic N) is 2. The highest BCUT2D eigenvalue weighted by Crippen LogP contribution is 2.25. The lowest BCUT2D eigenvalue weighted by molar-refractivity contribution is -0.0145. The minimum Gasteiger partial charge on any atom is -0.473 e. The van der Waals surface area contributed by atoms with Crippen LogP contribution in [-0.4, -0.2) is 94.1 Å². The maximum atomic E-state index is 9.94. The molecule has 1 aromatic heterocycles. The van der Waals surface area contributed by atoms with Crippen molar-refractivity contribution in [3.8, 4) is 5.75 Å². The minimum atomic E-state index is -0.414. The van der Waals surface area contributed by atoms with Crippen LogP contribution >= 0.6 is 0 Å². The fourth-order valence-electron chi connectivity index (χ4n) is 3.63. The molecular weight excluding hydrogens is 320 g/mol. The molecule has 3 rings (SSSR count). The summed E-state index contributed by atoms with van der Waals surface area (Å²) in [6, 6.07) is 1.93. The molecule has 0 aliphatic carbocycles. The molecule has 4 atom stereocenters. The number of hydrogen-bond donors (Lipinski definition) is 2. The summed E-state index contributed by atoms with van der Waals surface area (Å²) < 4.78 is 6.31. The van der Waals surface area contributed by atoms with E-state index in [0.29, 0.717) is 13.1 Å². The molecule has 1 fully saturated rings. The van der Waals surface area contributed by atoms with E-state index < -0.39 is 6.10 Å². The molecule has 1 saturated heterocycles. The second-order valence-corrected chi connectivity index (χ2v) is 7.28. The van der Waals surface area contributed by atoms with Gasteiger partial charge in [-0.05, 0) is 19.9 Å². The van der Waals surface area contributed by atoms with Crippen molar-refractivity contribution in [2.45, 2.75) is 38.8 Å². The average Bonchev–Trinajstić information content (AvgIpc) is 2.69. The van der Waals surface area contributed by atoms with Gasteiger partial charge in [-0.25, -0.2) is 0 Å². The van der Waals surface area contributed by atoms with Crippen molar-refractivity contribution in [2.75, 3.05) is 45.8 Å². The number of ether oxygens (including phenoxy) is 1. The van der Waals surface area contributed by atoms with Gasteiger partial charge >= 0.3 is 0 Å². The molecule has 0 radical (unpaired) electrons. The summed E-state index contributed by atoms with van der Waals surface area (Å²) in [6.07, 6.45) is 2.79. The molecule has 0 aromatic carbocycles. The van der Waals surface area contributed by atoms with Gasteiger partial charge in [0.05, 0.1) is 12.2 Å². The Morgan fingerprint density at radius 3 is 2.68 bits per heavy atom. The second kappa shape index (κ2) is 8.42. The van der Waals surface area contributed by atoms with E-state index in [1.165, 1.54) is 0 Å². The van der Waals surface area contributed by atoms with E-state index in [1.54, 1.807) is 6.20 Å². The summed E-state index contributed by atoms with van der Waals surface area (Å²) in [7, 11) is 0. The maximum absolute atomic E-state index is 9.94. The standard InChI is InChI=1S/C18H30N4O3/c1-14(23)10-20-5-6-21-12-16-9-19-4-3-17(16)25-18(13-21)22(8-7-20)11-15(2)24/h3-4,9,14-15,18,23-24H,5-8,10-13H2,1-2H3/t14-,15-,18?/m0/s1. The molecule has 1 aromatic rings. The van der Waals surface area contributed by atoms with E-state index in [0.717, 1.165) is 50.6 Å². The third kappa shape index (κ3) is 5.12. The SMILES string of the molecule is C[C@H](O)CN1CCN2Cc3cnccc3OC(C2)N(C[C@H](C)O)CC1. The molecule has 0 saturated carbocycles. The first-order valence-corrected chi connectivity index (χ1v) is 9.15. The molecule has 2 bridgehead atoms. The van der Waals surface area contributed by atoms with Crippen LogP contribution in [0.2, 0.25) is 0 Å². The lowest BCUT2D eigenvalue weighted by Gasteiger charge is -2.33. The largest absolute Gasteiger partial charge is 0.473 e. The minimum absolute atomic E-state index is 0.0928. The van der Waals surface area contributed by atoms with Crippen molar-refractivity contribution >= 4 is 0 Å². The van der Waals surface area contributed by atoms with Gasteiger partial charge in [-0.1, -0.05) is 0 Å². The van der Waals surface area contributed by atoms with Crippen molar-refractivity contribution in [1.29, 1.82) is 0 Å². The highest BCUT2D eigenvalue weighted by Gasteiger charge is 2.30. The van der Waals surface area contributed by atoms with Crippen LogP contribution in [0.15, 0.2) is 18.5 Å². The normalized spacial score (nSPS) is 27.8. The third-order valence-electron chi connectivity index (χ3n) is 4.79. The van der Waals surface area contributed by atoms with E-state index in [-0.39, 0.29) is 12.3 Å². The summed E-state index contributed by atoms with van der Waals surface area (Å²) in [5.41, 5.74) is 1.10. The molecule has 0 spiro atoms. The van der Waals surface area contributed by atoms with E-state index in [2.05, 4.69) is 19.7 Å². The predicted octanol–water partition coefficient (Wildman–Crippen LogP) is -0.0187. The van der Waals surface area contributed by atoms with E-state index in [4.69, 9.17) is 4.74 Å². The molecule has 2 aliphatic heterocycles. The zero-order valence-corrected chi connectivity index (χ0v) is 15.2. The Bertz CT molecular complexity index is 555. The van der Waals surface area contributed by atoms with Crippen LogP contribution in [0.3, 0.4) is 0 Å². The monoisotopic (exact) mass is 350 g/mol. The van der Waals surface area contributed by atoms with Gasteiger partial charge in [0.15, 0.2) is 6.23 Å². The summed E-state index contributed by atoms with van der Waals surface area (Å²) in [5.74, 6) is 0.888. The average molecular weight is 350 g/mol. The molecule has 140 valence electrons. The van der Waals surface area contributed by atoms with Crippen molar-refractivity contribution in [3.63, 3.8) is 0 Å². The van der Waals surface area contributed by atoms with E-state index in [1.807, 2.05) is 26.1 Å². The molecule has 2 unspecified atom stereocenters. The predicted molar refractivity (Wildman–Crippen MR) is 95.3 cm³/mol. The van der Waals surface area contributed by atoms with Gasteiger partial charge in [-0.2, -0.15) is 0 Å². The number of aromatic nitrogens is 1. The molecule has 7 heteroatoms.